The standard InChI is InChI=1S/C21H23NO4/c1-14(26-21(24)16-9-5-10-17(13-16)25-2)20(23)22-19-12-6-8-15-7-3-4-11-18(15)19/h3-5,7,9-11,13-14,19H,6,8,12H2,1-2H3,(H,22,23)/t14-,19+/m1/s1. The van der Waals surface area contributed by atoms with Crippen molar-refractivity contribution in [3.05, 3.63) is 65.2 Å². The average molecular weight is 353 g/mol. The molecule has 1 aliphatic carbocycles. The molecule has 0 aliphatic heterocycles. The third kappa shape index (κ3) is 4.04. The summed E-state index contributed by atoms with van der Waals surface area (Å²) in [6.45, 7) is 1.59. The molecule has 5 nitrogen and oxygen atoms in total. The van der Waals surface area contributed by atoms with Crippen LogP contribution in [0.25, 0.3) is 0 Å². The second kappa shape index (κ2) is 8.04. The quantitative estimate of drug-likeness (QED) is 0.837. The van der Waals surface area contributed by atoms with E-state index < -0.39 is 12.1 Å². The molecule has 0 radical (unpaired) electrons. The van der Waals surface area contributed by atoms with Gasteiger partial charge in [0.2, 0.25) is 0 Å². The summed E-state index contributed by atoms with van der Waals surface area (Å²) in [5.41, 5.74) is 2.77. The van der Waals surface area contributed by atoms with Crippen LogP contribution in [-0.2, 0) is 16.0 Å². The molecule has 1 N–H and O–H groups in total. The van der Waals surface area contributed by atoms with Crippen molar-refractivity contribution >= 4 is 11.9 Å². The fourth-order valence-corrected chi connectivity index (χ4v) is 3.23. The molecule has 0 unspecified atom stereocenters. The van der Waals surface area contributed by atoms with Crippen molar-refractivity contribution in [2.45, 2.75) is 38.3 Å². The Bertz CT molecular complexity index is 802. The number of carbonyl (C=O) groups is 2. The van der Waals surface area contributed by atoms with Gasteiger partial charge in [0.15, 0.2) is 6.10 Å². The molecule has 0 heterocycles. The van der Waals surface area contributed by atoms with Crippen molar-refractivity contribution < 1.29 is 19.1 Å². The fourth-order valence-electron chi connectivity index (χ4n) is 3.23. The Kier molecular flexibility index (Phi) is 5.56. The molecule has 0 saturated carbocycles. The van der Waals surface area contributed by atoms with Crippen LogP contribution in [0.2, 0.25) is 0 Å². The van der Waals surface area contributed by atoms with Crippen LogP contribution >= 0.6 is 0 Å². The highest BCUT2D eigenvalue weighted by molar-refractivity contribution is 5.92. The lowest BCUT2D eigenvalue weighted by Gasteiger charge is -2.27. The third-order valence-corrected chi connectivity index (χ3v) is 4.64. The van der Waals surface area contributed by atoms with Crippen molar-refractivity contribution in [1.82, 2.24) is 5.32 Å². The summed E-state index contributed by atoms with van der Waals surface area (Å²) in [6, 6.07) is 14.8. The van der Waals surface area contributed by atoms with Gasteiger partial charge < -0.3 is 14.8 Å². The maximum absolute atomic E-state index is 12.5. The Balaban J connectivity index is 1.62. The van der Waals surface area contributed by atoms with E-state index in [2.05, 4.69) is 11.4 Å². The van der Waals surface area contributed by atoms with Crippen LogP contribution in [0.15, 0.2) is 48.5 Å². The van der Waals surface area contributed by atoms with E-state index in [-0.39, 0.29) is 11.9 Å². The third-order valence-electron chi connectivity index (χ3n) is 4.64. The summed E-state index contributed by atoms with van der Waals surface area (Å²) in [4.78, 5) is 24.8. The second-order valence-electron chi connectivity index (χ2n) is 6.43. The molecule has 0 saturated heterocycles. The SMILES string of the molecule is COc1cccc(C(=O)O[C@H](C)C(=O)N[C@H]2CCCc3ccccc32)c1. The van der Waals surface area contributed by atoms with Gasteiger partial charge in [0.25, 0.3) is 5.91 Å². The zero-order chi connectivity index (χ0) is 18.5. The van der Waals surface area contributed by atoms with Crippen molar-refractivity contribution in [1.29, 1.82) is 0 Å². The number of rotatable bonds is 5. The first-order valence-electron chi connectivity index (χ1n) is 8.81. The molecule has 2 atom stereocenters. The Morgan fingerprint density at radius 1 is 1.15 bits per heavy atom. The molecule has 26 heavy (non-hydrogen) atoms. The van der Waals surface area contributed by atoms with Crippen LogP contribution in [0.3, 0.4) is 0 Å². The first-order valence-corrected chi connectivity index (χ1v) is 8.81. The van der Waals surface area contributed by atoms with Gasteiger partial charge in [-0.1, -0.05) is 30.3 Å². The fraction of sp³-hybridized carbons (Fsp3) is 0.333. The molecule has 0 bridgehead atoms. The van der Waals surface area contributed by atoms with Gasteiger partial charge in [-0.25, -0.2) is 4.79 Å². The summed E-state index contributed by atoms with van der Waals surface area (Å²) in [7, 11) is 1.53. The van der Waals surface area contributed by atoms with Gasteiger partial charge in [0.05, 0.1) is 18.7 Å². The number of nitrogens with one attached hydrogen (secondary N) is 1. The number of fused-ring (bicyclic) bond motifs is 1. The smallest absolute Gasteiger partial charge is 0.339 e. The van der Waals surface area contributed by atoms with E-state index in [1.807, 2.05) is 18.2 Å². The normalized spacial score (nSPS) is 16.9. The molecule has 1 aliphatic rings. The molecule has 0 spiro atoms. The summed E-state index contributed by atoms with van der Waals surface area (Å²) < 4.78 is 10.4. The van der Waals surface area contributed by atoms with Crippen LogP contribution in [0.5, 0.6) is 5.75 Å². The number of carbonyl (C=O) groups excluding carboxylic acids is 2. The van der Waals surface area contributed by atoms with E-state index in [1.54, 1.807) is 31.2 Å². The summed E-state index contributed by atoms with van der Waals surface area (Å²) >= 11 is 0. The molecule has 0 aromatic heterocycles. The first-order chi connectivity index (χ1) is 12.6. The summed E-state index contributed by atoms with van der Waals surface area (Å²) in [5.74, 6) is -0.270. The van der Waals surface area contributed by atoms with E-state index in [0.29, 0.717) is 11.3 Å². The van der Waals surface area contributed by atoms with Gasteiger partial charge in [-0.3, -0.25) is 4.79 Å². The topological polar surface area (TPSA) is 64.6 Å². The van der Waals surface area contributed by atoms with Crippen molar-refractivity contribution in [3.8, 4) is 5.75 Å². The van der Waals surface area contributed by atoms with Gasteiger partial charge in [-0.05, 0) is 55.5 Å². The van der Waals surface area contributed by atoms with Crippen LogP contribution in [0.1, 0.15) is 47.3 Å². The number of esters is 1. The number of hydrogen-bond acceptors (Lipinski definition) is 4. The second-order valence-corrected chi connectivity index (χ2v) is 6.43. The first kappa shape index (κ1) is 18.0. The molecule has 2 aromatic rings. The summed E-state index contributed by atoms with van der Waals surface area (Å²) in [6.07, 6.45) is 2.07. The molecule has 0 fully saturated rings. The molecular weight excluding hydrogens is 330 g/mol. The number of hydrogen-bond donors (Lipinski definition) is 1. The Morgan fingerprint density at radius 3 is 2.77 bits per heavy atom. The van der Waals surface area contributed by atoms with E-state index >= 15 is 0 Å². The van der Waals surface area contributed by atoms with Crippen molar-refractivity contribution in [3.63, 3.8) is 0 Å². The van der Waals surface area contributed by atoms with E-state index in [9.17, 15) is 9.59 Å². The molecule has 3 rings (SSSR count). The van der Waals surface area contributed by atoms with Crippen LogP contribution in [0.4, 0.5) is 0 Å². The predicted molar refractivity (Wildman–Crippen MR) is 98.1 cm³/mol. The maximum Gasteiger partial charge on any atom is 0.339 e. The zero-order valence-electron chi connectivity index (χ0n) is 15.0. The number of benzene rings is 2. The minimum absolute atomic E-state index is 0.0366. The van der Waals surface area contributed by atoms with Gasteiger partial charge in [-0.15, -0.1) is 0 Å². The lowest BCUT2D eigenvalue weighted by Crippen LogP contribution is -2.39. The van der Waals surface area contributed by atoms with E-state index in [4.69, 9.17) is 9.47 Å². The number of ether oxygens (including phenoxy) is 2. The lowest BCUT2D eigenvalue weighted by molar-refractivity contribution is -0.130. The van der Waals surface area contributed by atoms with Gasteiger partial charge in [0.1, 0.15) is 5.75 Å². The Labute approximate surface area is 153 Å². The molecule has 136 valence electrons. The highest BCUT2D eigenvalue weighted by Crippen LogP contribution is 2.29. The molecule has 1 amide bonds. The number of methoxy groups -OCH3 is 1. The molecule has 5 heteroatoms. The van der Waals surface area contributed by atoms with Crippen molar-refractivity contribution in [2.75, 3.05) is 7.11 Å². The lowest BCUT2D eigenvalue weighted by atomic mass is 9.87. The van der Waals surface area contributed by atoms with E-state index in [0.717, 1.165) is 24.8 Å². The van der Waals surface area contributed by atoms with Gasteiger partial charge in [0, 0.05) is 0 Å². The molecule has 2 aromatic carbocycles. The van der Waals surface area contributed by atoms with Crippen LogP contribution in [-0.4, -0.2) is 25.1 Å². The summed E-state index contributed by atoms with van der Waals surface area (Å²) in [5, 5.41) is 3.01. The van der Waals surface area contributed by atoms with Gasteiger partial charge >= 0.3 is 5.97 Å². The monoisotopic (exact) mass is 353 g/mol. The van der Waals surface area contributed by atoms with Crippen molar-refractivity contribution in [2.24, 2.45) is 0 Å². The predicted octanol–water partition coefficient (Wildman–Crippen LogP) is 3.43. The average Bonchev–Trinajstić information content (AvgIpc) is 2.68. The number of amides is 1. The Hall–Kier alpha value is -2.82. The number of aryl methyl sites for hydroxylation is 1. The van der Waals surface area contributed by atoms with E-state index in [1.165, 1.54) is 12.7 Å². The van der Waals surface area contributed by atoms with Crippen LogP contribution < -0.4 is 10.1 Å². The van der Waals surface area contributed by atoms with Gasteiger partial charge in [-0.2, -0.15) is 0 Å². The molecular formula is C21H23NO4. The highest BCUT2D eigenvalue weighted by Gasteiger charge is 2.25. The largest absolute Gasteiger partial charge is 0.497 e. The minimum Gasteiger partial charge on any atom is -0.497 e. The minimum atomic E-state index is -0.872. The van der Waals surface area contributed by atoms with Crippen LogP contribution in [0, 0.1) is 0 Å². The maximum atomic E-state index is 12.5. The zero-order valence-corrected chi connectivity index (χ0v) is 15.0. The highest BCUT2D eigenvalue weighted by atomic mass is 16.5. The Morgan fingerprint density at radius 2 is 1.96 bits per heavy atom.